The van der Waals surface area contributed by atoms with Gasteiger partial charge in [0.2, 0.25) is 0 Å². The highest BCUT2D eigenvalue weighted by Gasteiger charge is 2.15. The third-order valence-corrected chi connectivity index (χ3v) is 5.53. The van der Waals surface area contributed by atoms with Crippen molar-refractivity contribution < 1.29 is 4.79 Å². The molecule has 1 N–H and O–H groups in total. The molecule has 0 atom stereocenters. The summed E-state index contributed by atoms with van der Waals surface area (Å²) >= 11 is 7.40. The molecule has 3 heterocycles. The molecule has 3 aromatic heterocycles. The highest BCUT2D eigenvalue weighted by molar-refractivity contribution is 7.16. The number of carbonyl (C=O) groups is 1. The van der Waals surface area contributed by atoms with E-state index in [1.165, 1.54) is 34.2 Å². The molecule has 0 aliphatic heterocycles. The minimum Gasteiger partial charge on any atom is -0.298 e. The summed E-state index contributed by atoms with van der Waals surface area (Å²) in [7, 11) is 0. The Morgan fingerprint density at radius 1 is 1.07 bits per heavy atom. The van der Waals surface area contributed by atoms with Gasteiger partial charge in [0.1, 0.15) is 5.69 Å². The Hall–Kier alpha value is -3.29. The van der Waals surface area contributed by atoms with Gasteiger partial charge in [0.15, 0.2) is 5.13 Å². The number of thiazole rings is 1. The van der Waals surface area contributed by atoms with Crippen molar-refractivity contribution in [1.29, 1.82) is 0 Å². The lowest BCUT2D eigenvalue weighted by Gasteiger charge is -2.08. The number of amides is 1. The van der Waals surface area contributed by atoms with Crippen molar-refractivity contribution in [2.75, 3.05) is 5.32 Å². The molecular weight excluding hydrogens is 420 g/mol. The van der Waals surface area contributed by atoms with Gasteiger partial charge in [-0.3, -0.25) is 24.5 Å². The van der Waals surface area contributed by atoms with Crippen LogP contribution in [0.15, 0.2) is 65.6 Å². The van der Waals surface area contributed by atoms with Crippen LogP contribution in [-0.4, -0.2) is 20.4 Å². The Labute approximate surface area is 181 Å². The lowest BCUT2D eigenvalue weighted by Crippen LogP contribution is -2.20. The van der Waals surface area contributed by atoms with E-state index in [0.29, 0.717) is 21.4 Å². The average Bonchev–Trinajstić information content (AvgIpc) is 3.08. The summed E-state index contributed by atoms with van der Waals surface area (Å²) in [5, 5.41) is 3.79. The van der Waals surface area contributed by atoms with Gasteiger partial charge in [0.25, 0.3) is 11.5 Å². The number of halogens is 1. The van der Waals surface area contributed by atoms with E-state index >= 15 is 0 Å². The fourth-order valence-corrected chi connectivity index (χ4v) is 3.98. The molecule has 150 valence electrons. The molecule has 1 aromatic carbocycles. The number of nitrogens with zero attached hydrogens (tertiary/aromatic N) is 3. The molecule has 0 saturated heterocycles. The van der Waals surface area contributed by atoms with E-state index in [2.05, 4.69) is 15.3 Å². The molecule has 1 amide bonds. The van der Waals surface area contributed by atoms with Crippen LogP contribution in [0, 0.1) is 13.8 Å². The molecule has 0 aliphatic rings. The quantitative estimate of drug-likeness (QED) is 0.494. The number of pyridine rings is 2. The van der Waals surface area contributed by atoms with Gasteiger partial charge in [-0.2, -0.15) is 0 Å². The fourth-order valence-electron chi connectivity index (χ4n) is 2.98. The number of carbonyl (C=O) groups excluding carboxylic acids is 1. The van der Waals surface area contributed by atoms with Crippen LogP contribution >= 0.6 is 22.9 Å². The lowest BCUT2D eigenvalue weighted by atomic mass is 10.2. The molecule has 0 radical (unpaired) electrons. The number of aryl methyl sites for hydroxylation is 2. The van der Waals surface area contributed by atoms with E-state index in [1.807, 2.05) is 32.0 Å². The van der Waals surface area contributed by atoms with Gasteiger partial charge in [-0.05, 0) is 50.2 Å². The van der Waals surface area contributed by atoms with E-state index in [-0.39, 0.29) is 11.5 Å². The van der Waals surface area contributed by atoms with E-state index in [4.69, 9.17) is 11.6 Å². The summed E-state index contributed by atoms with van der Waals surface area (Å²) < 4.78 is 1.38. The van der Waals surface area contributed by atoms with Crippen LogP contribution in [0.5, 0.6) is 0 Å². The maximum absolute atomic E-state index is 12.8. The molecule has 0 fully saturated rings. The van der Waals surface area contributed by atoms with Gasteiger partial charge in [0, 0.05) is 27.9 Å². The predicted octanol–water partition coefficient (Wildman–Crippen LogP) is 4.88. The number of anilines is 1. The number of aromatic nitrogens is 3. The maximum atomic E-state index is 12.8. The van der Waals surface area contributed by atoms with Crippen LogP contribution in [0.1, 0.15) is 20.9 Å². The Bertz CT molecular complexity index is 1310. The van der Waals surface area contributed by atoms with Gasteiger partial charge in [-0.1, -0.05) is 23.7 Å². The number of hydrogen-bond donors (Lipinski definition) is 1. The van der Waals surface area contributed by atoms with Crippen LogP contribution in [0.25, 0.3) is 17.1 Å². The van der Waals surface area contributed by atoms with E-state index in [9.17, 15) is 9.59 Å². The molecular formula is C22H17ClN4O2S. The monoisotopic (exact) mass is 436 g/mol. The molecule has 4 rings (SSSR count). The second kappa shape index (κ2) is 8.22. The van der Waals surface area contributed by atoms with Crippen LogP contribution in [-0.2, 0) is 0 Å². The van der Waals surface area contributed by atoms with Crippen molar-refractivity contribution in [2.45, 2.75) is 13.8 Å². The number of nitrogens with one attached hydrogen (secondary N) is 1. The zero-order valence-electron chi connectivity index (χ0n) is 16.2. The Morgan fingerprint density at radius 2 is 1.87 bits per heavy atom. The van der Waals surface area contributed by atoms with Gasteiger partial charge in [0.05, 0.1) is 16.9 Å². The van der Waals surface area contributed by atoms with Crippen molar-refractivity contribution in [1.82, 2.24) is 14.5 Å². The third-order valence-electron chi connectivity index (χ3n) is 4.41. The zero-order chi connectivity index (χ0) is 21.3. The van der Waals surface area contributed by atoms with Crippen molar-refractivity contribution in [3.8, 4) is 17.1 Å². The summed E-state index contributed by atoms with van der Waals surface area (Å²) in [5.41, 5.74) is 3.06. The van der Waals surface area contributed by atoms with E-state index in [0.717, 1.165) is 22.0 Å². The van der Waals surface area contributed by atoms with Crippen molar-refractivity contribution in [3.05, 3.63) is 92.3 Å². The minimum atomic E-state index is -0.358. The predicted molar refractivity (Wildman–Crippen MR) is 120 cm³/mol. The Balaban J connectivity index is 1.61. The molecule has 0 unspecified atom stereocenters. The number of benzene rings is 1. The molecule has 0 bridgehead atoms. The molecule has 0 spiro atoms. The Morgan fingerprint density at radius 3 is 2.63 bits per heavy atom. The van der Waals surface area contributed by atoms with Crippen molar-refractivity contribution in [2.24, 2.45) is 0 Å². The standard InChI is InChI=1S/C22H17ClN4O2S/c1-13-5-3-8-18(24-13)20-14(2)30-22(25-20)26-21(29)15-9-10-19(28)27(12-15)17-7-4-6-16(23)11-17/h3-12H,1-2H3,(H,25,26,29). The summed E-state index contributed by atoms with van der Waals surface area (Å²) in [5.74, 6) is -0.358. The minimum absolute atomic E-state index is 0.258. The molecule has 30 heavy (non-hydrogen) atoms. The second-order valence-electron chi connectivity index (χ2n) is 6.65. The molecule has 4 aromatic rings. The second-order valence-corrected chi connectivity index (χ2v) is 8.29. The summed E-state index contributed by atoms with van der Waals surface area (Å²) in [6.07, 6.45) is 1.49. The first-order chi connectivity index (χ1) is 14.4. The normalized spacial score (nSPS) is 10.8. The van der Waals surface area contributed by atoms with Gasteiger partial charge in [-0.25, -0.2) is 4.98 Å². The smallest absolute Gasteiger partial charge is 0.258 e. The Kier molecular flexibility index (Phi) is 5.48. The van der Waals surface area contributed by atoms with Crippen LogP contribution in [0.3, 0.4) is 0 Å². The van der Waals surface area contributed by atoms with Gasteiger partial charge < -0.3 is 0 Å². The third kappa shape index (κ3) is 4.17. The van der Waals surface area contributed by atoms with Gasteiger partial charge in [-0.15, -0.1) is 11.3 Å². The topological polar surface area (TPSA) is 76.9 Å². The average molecular weight is 437 g/mol. The van der Waals surface area contributed by atoms with Crippen LogP contribution in [0.2, 0.25) is 5.02 Å². The summed E-state index contributed by atoms with van der Waals surface area (Å²) in [6, 6.07) is 15.5. The highest BCUT2D eigenvalue weighted by atomic mass is 35.5. The lowest BCUT2D eigenvalue weighted by molar-refractivity contribution is 0.102. The highest BCUT2D eigenvalue weighted by Crippen LogP contribution is 2.29. The van der Waals surface area contributed by atoms with Crippen molar-refractivity contribution >= 4 is 34.0 Å². The maximum Gasteiger partial charge on any atom is 0.258 e. The SMILES string of the molecule is Cc1cccc(-c2nc(NC(=O)c3ccc(=O)n(-c4cccc(Cl)c4)c3)sc2C)n1. The number of rotatable bonds is 4. The largest absolute Gasteiger partial charge is 0.298 e. The first kappa shape index (κ1) is 20.0. The van der Waals surface area contributed by atoms with E-state index < -0.39 is 0 Å². The zero-order valence-corrected chi connectivity index (χ0v) is 17.8. The van der Waals surface area contributed by atoms with Crippen LogP contribution in [0.4, 0.5) is 5.13 Å². The van der Waals surface area contributed by atoms with Gasteiger partial charge >= 0.3 is 0 Å². The fraction of sp³-hybridized carbons (Fsp3) is 0.0909. The molecule has 6 nitrogen and oxygen atoms in total. The first-order valence-corrected chi connectivity index (χ1v) is 10.3. The van der Waals surface area contributed by atoms with Crippen molar-refractivity contribution in [3.63, 3.8) is 0 Å². The number of hydrogen-bond acceptors (Lipinski definition) is 5. The molecule has 8 heteroatoms. The van der Waals surface area contributed by atoms with E-state index in [1.54, 1.807) is 24.3 Å². The molecule has 0 saturated carbocycles. The van der Waals surface area contributed by atoms with Crippen LogP contribution < -0.4 is 10.9 Å². The summed E-state index contributed by atoms with van der Waals surface area (Å²) in [6.45, 7) is 3.86. The summed E-state index contributed by atoms with van der Waals surface area (Å²) in [4.78, 5) is 35.0. The first-order valence-electron chi connectivity index (χ1n) is 9.12. The molecule has 0 aliphatic carbocycles.